The van der Waals surface area contributed by atoms with E-state index in [0.717, 1.165) is 25.7 Å². The van der Waals surface area contributed by atoms with Gasteiger partial charge in [-0.3, -0.25) is 0 Å². The van der Waals surface area contributed by atoms with Gasteiger partial charge in [-0.05, 0) is 37.8 Å². The van der Waals surface area contributed by atoms with Crippen LogP contribution < -0.4 is 0 Å². The fourth-order valence-electron chi connectivity index (χ4n) is 2.45. The zero-order valence-electron chi connectivity index (χ0n) is 10.5. The predicted octanol–water partition coefficient (Wildman–Crippen LogP) is 3.49. The quantitative estimate of drug-likeness (QED) is 0.854. The molecule has 2 heterocycles. The van der Waals surface area contributed by atoms with E-state index in [1.165, 1.54) is 17.8 Å². The first kappa shape index (κ1) is 12.4. The van der Waals surface area contributed by atoms with Crippen molar-refractivity contribution in [2.75, 3.05) is 0 Å². The molecule has 1 saturated carbocycles. The van der Waals surface area contributed by atoms with Gasteiger partial charge in [-0.2, -0.15) is 0 Å². The molecule has 1 N–H and O–H groups in total. The molecular formula is C14H15NO3S. The fraction of sp³-hybridized carbons (Fsp3) is 0.429. The lowest BCUT2D eigenvalue weighted by Gasteiger charge is -2.21. The van der Waals surface area contributed by atoms with Gasteiger partial charge in [-0.15, -0.1) is 11.3 Å². The van der Waals surface area contributed by atoms with Crippen LogP contribution in [-0.4, -0.2) is 22.2 Å². The number of aromatic nitrogens is 1. The molecule has 2 aromatic rings. The van der Waals surface area contributed by atoms with Crippen molar-refractivity contribution in [2.24, 2.45) is 0 Å². The highest BCUT2D eigenvalue weighted by atomic mass is 32.1. The second kappa shape index (κ2) is 5.17. The van der Waals surface area contributed by atoms with Crippen LogP contribution in [0.2, 0.25) is 0 Å². The van der Waals surface area contributed by atoms with E-state index >= 15 is 0 Å². The number of fused-ring (bicyclic) bond motifs is 1. The molecule has 0 spiro atoms. The summed E-state index contributed by atoms with van der Waals surface area (Å²) >= 11 is 1.18. The van der Waals surface area contributed by atoms with Crippen LogP contribution >= 0.6 is 11.3 Å². The molecule has 3 rings (SSSR count). The number of aromatic hydroxyl groups is 1. The highest BCUT2D eigenvalue weighted by Gasteiger charge is 2.24. The lowest BCUT2D eigenvalue weighted by Crippen LogP contribution is -2.20. The number of hydrogen-bond donors (Lipinski definition) is 1. The number of pyridine rings is 1. The Morgan fingerprint density at radius 2 is 2.16 bits per heavy atom. The van der Waals surface area contributed by atoms with Crippen molar-refractivity contribution < 1.29 is 14.6 Å². The van der Waals surface area contributed by atoms with Crippen LogP contribution in [0.4, 0.5) is 0 Å². The van der Waals surface area contributed by atoms with E-state index in [1.807, 2.05) is 0 Å². The molecule has 0 bridgehead atoms. The number of nitrogens with zero attached hydrogens (tertiary/aromatic N) is 1. The number of esters is 1. The Bertz CT molecular complexity index is 602. The molecule has 1 fully saturated rings. The van der Waals surface area contributed by atoms with Gasteiger partial charge in [0.25, 0.3) is 0 Å². The summed E-state index contributed by atoms with van der Waals surface area (Å²) in [5.74, 6) is -0.429. The Hall–Kier alpha value is -1.62. The van der Waals surface area contributed by atoms with Gasteiger partial charge in [0, 0.05) is 6.20 Å². The van der Waals surface area contributed by atoms with E-state index in [1.54, 1.807) is 18.3 Å². The largest absolute Gasteiger partial charge is 0.505 e. The monoisotopic (exact) mass is 277 g/mol. The number of carbonyl (C=O) groups excluding carboxylic acids is 1. The third-order valence-corrected chi connectivity index (χ3v) is 4.53. The van der Waals surface area contributed by atoms with Crippen molar-refractivity contribution in [1.82, 2.24) is 4.98 Å². The maximum atomic E-state index is 12.1. The first-order chi connectivity index (χ1) is 9.25. The van der Waals surface area contributed by atoms with Crippen molar-refractivity contribution in [3.8, 4) is 5.75 Å². The second-order valence-electron chi connectivity index (χ2n) is 4.80. The van der Waals surface area contributed by atoms with Gasteiger partial charge in [-0.1, -0.05) is 6.42 Å². The normalized spacial score (nSPS) is 16.6. The van der Waals surface area contributed by atoms with Crippen LogP contribution in [0.5, 0.6) is 5.75 Å². The summed E-state index contributed by atoms with van der Waals surface area (Å²) in [5, 5.41) is 10.7. The van der Waals surface area contributed by atoms with Gasteiger partial charge in [0.2, 0.25) is 0 Å². The molecule has 0 unspecified atom stereocenters. The van der Waals surface area contributed by atoms with Crippen molar-refractivity contribution in [3.05, 3.63) is 23.2 Å². The summed E-state index contributed by atoms with van der Waals surface area (Å²) in [6.45, 7) is 0. The molecule has 2 aromatic heterocycles. The Balaban J connectivity index is 1.83. The summed E-state index contributed by atoms with van der Waals surface area (Å²) in [6.07, 6.45) is 6.93. The van der Waals surface area contributed by atoms with Gasteiger partial charge in [0.05, 0.1) is 5.39 Å². The number of hydrogen-bond acceptors (Lipinski definition) is 5. The Morgan fingerprint density at radius 3 is 2.89 bits per heavy atom. The second-order valence-corrected chi connectivity index (χ2v) is 5.80. The molecule has 0 atom stereocenters. The minimum atomic E-state index is -0.424. The first-order valence-corrected chi connectivity index (χ1v) is 7.35. The fourth-order valence-corrected chi connectivity index (χ4v) is 3.37. The summed E-state index contributed by atoms with van der Waals surface area (Å²) < 4.78 is 5.47. The molecule has 0 amide bonds. The van der Waals surface area contributed by atoms with Crippen molar-refractivity contribution in [1.29, 1.82) is 0 Å². The van der Waals surface area contributed by atoms with Crippen LogP contribution in [-0.2, 0) is 4.74 Å². The van der Waals surface area contributed by atoms with Gasteiger partial charge in [0.15, 0.2) is 10.6 Å². The standard InChI is InChI=1S/C14H15NO3S/c16-11-10-7-4-8-15-13(10)19-12(11)14(17)18-9-5-2-1-3-6-9/h4,7-9,16H,1-3,5-6H2. The molecule has 0 aromatic carbocycles. The van der Waals surface area contributed by atoms with Gasteiger partial charge >= 0.3 is 5.97 Å². The number of carbonyl (C=O) groups is 1. The molecule has 19 heavy (non-hydrogen) atoms. The van der Waals surface area contributed by atoms with Crippen LogP contribution in [0.15, 0.2) is 18.3 Å². The molecule has 1 aliphatic carbocycles. The molecule has 1 aliphatic rings. The molecular weight excluding hydrogens is 262 g/mol. The zero-order chi connectivity index (χ0) is 13.2. The first-order valence-electron chi connectivity index (χ1n) is 6.53. The average Bonchev–Trinajstić information content (AvgIpc) is 2.78. The van der Waals surface area contributed by atoms with E-state index in [0.29, 0.717) is 10.2 Å². The number of ether oxygens (including phenoxy) is 1. The van der Waals surface area contributed by atoms with E-state index in [-0.39, 0.29) is 16.7 Å². The molecule has 0 saturated heterocycles. The van der Waals surface area contributed by atoms with Crippen molar-refractivity contribution >= 4 is 27.5 Å². The Labute approximate surface area is 115 Å². The zero-order valence-corrected chi connectivity index (χ0v) is 11.3. The van der Waals surface area contributed by atoms with Gasteiger partial charge in [0.1, 0.15) is 10.9 Å². The van der Waals surface area contributed by atoms with Gasteiger partial charge < -0.3 is 9.84 Å². The van der Waals surface area contributed by atoms with Gasteiger partial charge in [-0.25, -0.2) is 9.78 Å². The predicted molar refractivity (Wildman–Crippen MR) is 73.6 cm³/mol. The Kier molecular flexibility index (Phi) is 3.38. The third-order valence-electron chi connectivity index (χ3n) is 3.45. The maximum Gasteiger partial charge on any atom is 0.352 e. The highest BCUT2D eigenvalue weighted by molar-refractivity contribution is 7.20. The smallest absolute Gasteiger partial charge is 0.352 e. The summed E-state index contributed by atoms with van der Waals surface area (Å²) in [4.78, 5) is 17.2. The SMILES string of the molecule is O=C(OC1CCCCC1)c1sc2ncccc2c1O. The number of rotatable bonds is 2. The molecule has 0 aliphatic heterocycles. The topological polar surface area (TPSA) is 59.4 Å². The van der Waals surface area contributed by atoms with Crippen molar-refractivity contribution in [3.63, 3.8) is 0 Å². The van der Waals surface area contributed by atoms with Crippen molar-refractivity contribution in [2.45, 2.75) is 38.2 Å². The Morgan fingerprint density at radius 1 is 1.37 bits per heavy atom. The van der Waals surface area contributed by atoms with E-state index in [2.05, 4.69) is 4.98 Å². The molecule has 5 heteroatoms. The summed E-state index contributed by atoms with van der Waals surface area (Å²) in [6, 6.07) is 3.50. The highest BCUT2D eigenvalue weighted by Crippen LogP contribution is 2.36. The van der Waals surface area contributed by atoms with E-state index in [4.69, 9.17) is 4.74 Å². The van der Waals surface area contributed by atoms with Crippen LogP contribution in [0.1, 0.15) is 41.8 Å². The minimum Gasteiger partial charge on any atom is -0.505 e. The summed E-state index contributed by atoms with van der Waals surface area (Å²) in [5.41, 5.74) is 0. The maximum absolute atomic E-state index is 12.1. The lowest BCUT2D eigenvalue weighted by atomic mass is 9.98. The van der Waals surface area contributed by atoms with E-state index < -0.39 is 5.97 Å². The lowest BCUT2D eigenvalue weighted by molar-refractivity contribution is 0.0214. The summed E-state index contributed by atoms with van der Waals surface area (Å²) in [7, 11) is 0. The minimum absolute atomic E-state index is 0.00109. The van der Waals surface area contributed by atoms with Crippen LogP contribution in [0.25, 0.3) is 10.2 Å². The average molecular weight is 277 g/mol. The van der Waals surface area contributed by atoms with E-state index in [9.17, 15) is 9.90 Å². The molecule has 100 valence electrons. The number of thiophene rings is 1. The van der Waals surface area contributed by atoms with Crippen LogP contribution in [0, 0.1) is 0 Å². The molecule has 0 radical (unpaired) electrons. The van der Waals surface area contributed by atoms with Crippen LogP contribution in [0.3, 0.4) is 0 Å². The third kappa shape index (κ3) is 2.42. The molecule has 4 nitrogen and oxygen atoms in total.